The quantitative estimate of drug-likeness (QED) is 0.569. The Balaban J connectivity index is 4.39. The topological polar surface area (TPSA) is 26.0 Å². The molecular weight excluding hydrogens is 238 g/mol. The van der Waals surface area contributed by atoms with Gasteiger partial charge in [0.15, 0.2) is 0 Å². The first-order valence-corrected chi connectivity index (χ1v) is 7.99. The van der Waals surface area contributed by atoms with E-state index < -0.39 is 0 Å². The van der Waals surface area contributed by atoms with E-state index in [0.717, 1.165) is 25.3 Å². The molecule has 2 heteroatoms. The molecule has 2 N–H and O–H groups in total. The summed E-state index contributed by atoms with van der Waals surface area (Å²) < 4.78 is 0. The van der Waals surface area contributed by atoms with Gasteiger partial charge in [0.2, 0.25) is 0 Å². The molecule has 0 aromatic rings. The van der Waals surface area contributed by atoms with Gasteiger partial charge < -0.3 is 5.73 Å². The Labute approximate surface area is 118 Å². The second-order valence-electron chi connectivity index (χ2n) is 4.68. The molecule has 0 rings (SSSR count). The molecule has 0 aliphatic heterocycles. The second kappa shape index (κ2) is 11.6. The second-order valence-corrected chi connectivity index (χ2v) is 5.77. The fourth-order valence-electron chi connectivity index (χ4n) is 1.69. The lowest BCUT2D eigenvalue weighted by Gasteiger charge is -2.12. The molecule has 0 aromatic carbocycles. The molecule has 104 valence electrons. The number of nitrogens with two attached hydrogens (primary N) is 1. The van der Waals surface area contributed by atoms with Crippen molar-refractivity contribution >= 4 is 11.8 Å². The highest BCUT2D eigenvalue weighted by Gasteiger charge is 2.04. The van der Waals surface area contributed by atoms with Crippen LogP contribution in [0, 0.1) is 5.92 Å². The predicted molar refractivity (Wildman–Crippen MR) is 86.9 cm³/mol. The number of thioether (sulfide) groups is 1. The van der Waals surface area contributed by atoms with Gasteiger partial charge in [-0.3, -0.25) is 0 Å². The van der Waals surface area contributed by atoms with Crippen LogP contribution in [0.25, 0.3) is 0 Å². The van der Waals surface area contributed by atoms with Gasteiger partial charge in [-0.2, -0.15) is 0 Å². The van der Waals surface area contributed by atoms with Crippen LogP contribution in [-0.4, -0.2) is 12.3 Å². The fraction of sp³-hybridized carbons (Fsp3) is 0.625. The van der Waals surface area contributed by atoms with Crippen LogP contribution >= 0.6 is 11.8 Å². The zero-order valence-electron chi connectivity index (χ0n) is 12.2. The van der Waals surface area contributed by atoms with Crippen LogP contribution in [0.1, 0.15) is 46.5 Å². The summed E-state index contributed by atoms with van der Waals surface area (Å²) in [6.45, 7) is 11.3. The minimum atomic E-state index is 0.770. The first-order valence-electron chi connectivity index (χ1n) is 7.00. The Morgan fingerprint density at radius 2 is 2.00 bits per heavy atom. The van der Waals surface area contributed by atoms with Gasteiger partial charge in [0.1, 0.15) is 0 Å². The molecule has 1 nitrogen and oxygen atoms in total. The summed E-state index contributed by atoms with van der Waals surface area (Å²) in [4.78, 5) is 1.33. The van der Waals surface area contributed by atoms with Crippen molar-refractivity contribution in [1.29, 1.82) is 0 Å². The summed E-state index contributed by atoms with van der Waals surface area (Å²) in [5.74, 6) is 2.02. The van der Waals surface area contributed by atoms with Crippen molar-refractivity contribution < 1.29 is 0 Å². The Bertz CT molecular complexity index is 275. The van der Waals surface area contributed by atoms with Crippen LogP contribution in [0.3, 0.4) is 0 Å². The van der Waals surface area contributed by atoms with Gasteiger partial charge in [0.25, 0.3) is 0 Å². The maximum atomic E-state index is 5.54. The van der Waals surface area contributed by atoms with Crippen molar-refractivity contribution in [3.63, 3.8) is 0 Å². The summed E-state index contributed by atoms with van der Waals surface area (Å²) in [5.41, 5.74) is 6.95. The molecule has 0 radical (unpaired) electrons. The third-order valence-corrected chi connectivity index (χ3v) is 4.31. The van der Waals surface area contributed by atoms with Gasteiger partial charge in [0, 0.05) is 10.7 Å². The van der Waals surface area contributed by atoms with Crippen molar-refractivity contribution in [3.8, 4) is 0 Å². The van der Waals surface area contributed by atoms with Gasteiger partial charge >= 0.3 is 0 Å². The molecule has 0 bridgehead atoms. The number of hydrogen-bond acceptors (Lipinski definition) is 2. The van der Waals surface area contributed by atoms with E-state index in [1.165, 1.54) is 29.1 Å². The molecule has 0 atom stereocenters. The van der Waals surface area contributed by atoms with Crippen LogP contribution in [-0.2, 0) is 0 Å². The zero-order valence-corrected chi connectivity index (χ0v) is 13.1. The van der Waals surface area contributed by atoms with Gasteiger partial charge in [-0.1, -0.05) is 44.9 Å². The minimum Gasteiger partial charge on any atom is -0.330 e. The number of hydrogen-bond donors (Lipinski definition) is 1. The Morgan fingerprint density at radius 3 is 2.50 bits per heavy atom. The highest BCUT2D eigenvalue weighted by molar-refractivity contribution is 8.03. The van der Waals surface area contributed by atoms with Crippen LogP contribution < -0.4 is 5.73 Å². The van der Waals surface area contributed by atoms with Gasteiger partial charge in [-0.25, -0.2) is 0 Å². The van der Waals surface area contributed by atoms with Crippen LogP contribution in [0.5, 0.6) is 0 Å². The van der Waals surface area contributed by atoms with Crippen LogP contribution in [0.15, 0.2) is 35.3 Å². The van der Waals surface area contributed by atoms with Crippen LogP contribution in [0.4, 0.5) is 0 Å². The molecule has 0 saturated heterocycles. The summed E-state index contributed by atoms with van der Waals surface area (Å²) in [6.07, 6.45) is 11.0. The summed E-state index contributed by atoms with van der Waals surface area (Å²) in [5, 5.41) is 0. The van der Waals surface area contributed by atoms with E-state index in [-0.39, 0.29) is 0 Å². The molecule has 0 fully saturated rings. The maximum Gasteiger partial charge on any atom is 0.00712 e. The SMILES string of the molecule is C=C/C=C(\C=C(/C)CCCN)SCC(CC)CC. The Hall–Kier alpha value is -0.470. The maximum absolute atomic E-state index is 5.54. The van der Waals surface area contributed by atoms with E-state index in [0.29, 0.717) is 0 Å². The number of rotatable bonds is 10. The van der Waals surface area contributed by atoms with E-state index in [9.17, 15) is 0 Å². The largest absolute Gasteiger partial charge is 0.330 e. The summed E-state index contributed by atoms with van der Waals surface area (Å²) in [7, 11) is 0. The van der Waals surface area contributed by atoms with Crippen molar-refractivity contribution in [2.45, 2.75) is 46.5 Å². The van der Waals surface area contributed by atoms with Crippen LogP contribution in [0.2, 0.25) is 0 Å². The lowest BCUT2D eigenvalue weighted by molar-refractivity contribution is 0.554. The average Bonchev–Trinajstić information content (AvgIpc) is 2.37. The first kappa shape index (κ1) is 17.5. The highest BCUT2D eigenvalue weighted by atomic mass is 32.2. The molecule has 0 saturated carbocycles. The van der Waals surface area contributed by atoms with Crippen molar-refractivity contribution in [2.24, 2.45) is 11.7 Å². The molecule has 18 heavy (non-hydrogen) atoms. The summed E-state index contributed by atoms with van der Waals surface area (Å²) in [6, 6.07) is 0. The molecule has 0 amide bonds. The minimum absolute atomic E-state index is 0.770. The van der Waals surface area contributed by atoms with Crippen molar-refractivity contribution in [3.05, 3.63) is 35.3 Å². The molecule has 0 unspecified atom stereocenters. The average molecular weight is 267 g/mol. The summed E-state index contributed by atoms with van der Waals surface area (Å²) >= 11 is 1.95. The number of allylic oxidation sites excluding steroid dienone is 4. The predicted octanol–water partition coefficient (Wildman–Crippen LogP) is 4.91. The lowest BCUT2D eigenvalue weighted by atomic mass is 10.1. The molecular formula is C16H29NS. The lowest BCUT2D eigenvalue weighted by Crippen LogP contribution is -2.00. The third kappa shape index (κ3) is 8.60. The van der Waals surface area contributed by atoms with Gasteiger partial charge in [-0.15, -0.1) is 11.8 Å². The first-order chi connectivity index (χ1) is 8.67. The van der Waals surface area contributed by atoms with E-state index in [1.807, 2.05) is 17.8 Å². The molecule has 0 spiro atoms. The molecule has 0 aliphatic rings. The van der Waals surface area contributed by atoms with Gasteiger partial charge in [-0.05, 0) is 44.4 Å². The fourth-order valence-corrected chi connectivity index (χ4v) is 3.06. The van der Waals surface area contributed by atoms with Crippen molar-refractivity contribution in [1.82, 2.24) is 0 Å². The van der Waals surface area contributed by atoms with E-state index in [1.54, 1.807) is 0 Å². The molecule has 0 heterocycles. The monoisotopic (exact) mass is 267 g/mol. The van der Waals surface area contributed by atoms with E-state index in [2.05, 4.69) is 39.5 Å². The highest BCUT2D eigenvalue weighted by Crippen LogP contribution is 2.25. The third-order valence-electron chi connectivity index (χ3n) is 3.09. The standard InChI is InChI=1S/C16H29NS/c1-5-9-16(12-14(4)10-8-11-17)18-13-15(6-2)7-3/h5,9,12,15H,1,6-8,10-11,13,17H2,2-4H3/b14-12+,16-9+. The van der Waals surface area contributed by atoms with Gasteiger partial charge in [0.05, 0.1) is 0 Å². The Kier molecular flexibility index (Phi) is 11.3. The van der Waals surface area contributed by atoms with Crippen molar-refractivity contribution in [2.75, 3.05) is 12.3 Å². The zero-order chi connectivity index (χ0) is 13.8. The smallest absolute Gasteiger partial charge is 0.00712 e. The normalized spacial score (nSPS) is 13.2. The van der Waals surface area contributed by atoms with E-state index >= 15 is 0 Å². The van der Waals surface area contributed by atoms with E-state index in [4.69, 9.17) is 5.73 Å². The molecule has 0 aliphatic carbocycles. The molecule has 0 aromatic heterocycles. The Morgan fingerprint density at radius 1 is 1.33 bits per heavy atom.